The van der Waals surface area contributed by atoms with Crippen molar-refractivity contribution in [1.29, 1.82) is 5.26 Å². The van der Waals surface area contributed by atoms with Crippen molar-refractivity contribution in [2.24, 2.45) is 11.8 Å². The first-order valence-electron chi connectivity index (χ1n) is 5.08. The van der Waals surface area contributed by atoms with E-state index in [1.54, 1.807) is 0 Å². The SMILES string of the molecule is CC1CC1CNCC(=O)NCCC#N. The van der Waals surface area contributed by atoms with Gasteiger partial charge in [0.05, 0.1) is 19.0 Å². The fourth-order valence-corrected chi connectivity index (χ4v) is 1.37. The highest BCUT2D eigenvalue weighted by Gasteiger charge is 2.31. The summed E-state index contributed by atoms with van der Waals surface area (Å²) in [5.74, 6) is 1.57. The van der Waals surface area contributed by atoms with Crippen molar-refractivity contribution in [1.82, 2.24) is 10.6 Å². The van der Waals surface area contributed by atoms with Crippen LogP contribution in [0.4, 0.5) is 0 Å². The van der Waals surface area contributed by atoms with E-state index in [-0.39, 0.29) is 5.91 Å². The van der Waals surface area contributed by atoms with Gasteiger partial charge in [-0.2, -0.15) is 5.26 Å². The van der Waals surface area contributed by atoms with Crippen molar-refractivity contribution >= 4 is 5.91 Å². The average Bonchev–Trinajstić information content (AvgIpc) is 2.83. The van der Waals surface area contributed by atoms with Crippen LogP contribution in [0.3, 0.4) is 0 Å². The highest BCUT2D eigenvalue weighted by molar-refractivity contribution is 5.77. The fraction of sp³-hybridized carbons (Fsp3) is 0.800. The van der Waals surface area contributed by atoms with Crippen LogP contribution in [0.25, 0.3) is 0 Å². The molecule has 0 saturated heterocycles. The molecule has 1 amide bonds. The highest BCUT2D eigenvalue weighted by Crippen LogP contribution is 2.36. The largest absolute Gasteiger partial charge is 0.354 e. The molecule has 4 nitrogen and oxygen atoms in total. The van der Waals surface area contributed by atoms with Gasteiger partial charge in [0.1, 0.15) is 0 Å². The molecule has 0 heterocycles. The molecule has 2 atom stereocenters. The second kappa shape index (κ2) is 5.61. The molecule has 0 spiro atoms. The third-order valence-corrected chi connectivity index (χ3v) is 2.53. The third kappa shape index (κ3) is 4.24. The Hall–Kier alpha value is -1.08. The van der Waals surface area contributed by atoms with Gasteiger partial charge in [-0.25, -0.2) is 0 Å². The van der Waals surface area contributed by atoms with Crippen LogP contribution >= 0.6 is 0 Å². The number of carbonyl (C=O) groups is 1. The van der Waals surface area contributed by atoms with Crippen LogP contribution in [0.2, 0.25) is 0 Å². The van der Waals surface area contributed by atoms with E-state index in [9.17, 15) is 4.79 Å². The predicted octanol–water partition coefficient (Wildman–Crippen LogP) is 0.262. The maximum atomic E-state index is 11.1. The first-order valence-corrected chi connectivity index (χ1v) is 5.08. The van der Waals surface area contributed by atoms with E-state index in [1.165, 1.54) is 6.42 Å². The zero-order chi connectivity index (χ0) is 10.4. The maximum absolute atomic E-state index is 11.1. The Morgan fingerprint density at radius 3 is 2.93 bits per heavy atom. The second-order valence-corrected chi connectivity index (χ2v) is 3.86. The normalized spacial score (nSPS) is 24.0. The minimum absolute atomic E-state index is 0.0199. The number of amides is 1. The Morgan fingerprint density at radius 2 is 2.36 bits per heavy atom. The molecule has 0 aromatic rings. The van der Waals surface area contributed by atoms with Gasteiger partial charge in [-0.15, -0.1) is 0 Å². The summed E-state index contributed by atoms with van der Waals surface area (Å²) in [5.41, 5.74) is 0. The molecule has 0 aliphatic heterocycles. The number of nitrogens with zero attached hydrogens (tertiary/aromatic N) is 1. The van der Waals surface area contributed by atoms with E-state index >= 15 is 0 Å². The molecule has 78 valence electrons. The van der Waals surface area contributed by atoms with E-state index in [2.05, 4.69) is 17.6 Å². The van der Waals surface area contributed by atoms with Crippen LogP contribution in [-0.2, 0) is 4.79 Å². The standard InChI is InChI=1S/C10H17N3O/c1-8-5-9(8)6-12-7-10(14)13-4-2-3-11/h8-9,12H,2,4-7H2,1H3,(H,13,14). The number of hydrogen-bond donors (Lipinski definition) is 2. The molecule has 14 heavy (non-hydrogen) atoms. The maximum Gasteiger partial charge on any atom is 0.233 e. The quantitative estimate of drug-likeness (QED) is 0.598. The van der Waals surface area contributed by atoms with Crippen LogP contribution in [0.15, 0.2) is 0 Å². The molecule has 0 aromatic heterocycles. The summed E-state index contributed by atoms with van der Waals surface area (Å²) < 4.78 is 0. The van der Waals surface area contributed by atoms with Crippen molar-refractivity contribution in [3.05, 3.63) is 0 Å². The summed E-state index contributed by atoms with van der Waals surface area (Å²) in [6.07, 6.45) is 1.66. The monoisotopic (exact) mass is 195 g/mol. The Bertz CT molecular complexity index is 234. The molecule has 2 N–H and O–H groups in total. The summed E-state index contributed by atoms with van der Waals surface area (Å²) >= 11 is 0. The second-order valence-electron chi connectivity index (χ2n) is 3.86. The van der Waals surface area contributed by atoms with Crippen LogP contribution in [0.5, 0.6) is 0 Å². The molecule has 1 saturated carbocycles. The van der Waals surface area contributed by atoms with Crippen molar-refractivity contribution in [2.75, 3.05) is 19.6 Å². The lowest BCUT2D eigenvalue weighted by Gasteiger charge is -2.04. The molecule has 2 unspecified atom stereocenters. The summed E-state index contributed by atoms with van der Waals surface area (Å²) in [4.78, 5) is 11.1. The van der Waals surface area contributed by atoms with Crippen LogP contribution in [-0.4, -0.2) is 25.5 Å². The first-order chi connectivity index (χ1) is 6.74. The number of rotatable bonds is 6. The molecule has 0 bridgehead atoms. The highest BCUT2D eigenvalue weighted by atomic mass is 16.1. The molecule has 0 aromatic carbocycles. The van der Waals surface area contributed by atoms with Crippen LogP contribution < -0.4 is 10.6 Å². The van der Waals surface area contributed by atoms with Crippen LogP contribution in [0, 0.1) is 23.2 Å². The Balaban J connectivity index is 1.90. The lowest BCUT2D eigenvalue weighted by atomic mass is 10.3. The smallest absolute Gasteiger partial charge is 0.233 e. The van der Waals surface area contributed by atoms with Gasteiger partial charge in [0.15, 0.2) is 0 Å². The molecule has 4 heteroatoms. The lowest BCUT2D eigenvalue weighted by molar-refractivity contribution is -0.120. The predicted molar refractivity (Wildman–Crippen MR) is 53.4 cm³/mol. The Labute approximate surface area is 84.7 Å². The fourth-order valence-electron chi connectivity index (χ4n) is 1.37. The van der Waals surface area contributed by atoms with Crippen molar-refractivity contribution in [3.8, 4) is 6.07 Å². The molecule has 0 radical (unpaired) electrons. The van der Waals surface area contributed by atoms with E-state index in [0.717, 1.165) is 18.4 Å². The zero-order valence-electron chi connectivity index (χ0n) is 8.55. The molecular formula is C10H17N3O. The van der Waals surface area contributed by atoms with Crippen molar-refractivity contribution in [2.45, 2.75) is 19.8 Å². The van der Waals surface area contributed by atoms with Gasteiger partial charge in [0, 0.05) is 6.54 Å². The van der Waals surface area contributed by atoms with Gasteiger partial charge in [0.2, 0.25) is 5.91 Å². The lowest BCUT2D eigenvalue weighted by Crippen LogP contribution is -2.35. The van der Waals surface area contributed by atoms with Gasteiger partial charge in [0.25, 0.3) is 0 Å². The number of carbonyl (C=O) groups excluding carboxylic acids is 1. The van der Waals surface area contributed by atoms with Gasteiger partial charge in [-0.05, 0) is 24.8 Å². The number of nitrogens with one attached hydrogen (secondary N) is 2. The third-order valence-electron chi connectivity index (χ3n) is 2.53. The Kier molecular flexibility index (Phi) is 4.41. The summed E-state index contributed by atoms with van der Waals surface area (Å²) in [6, 6.07) is 1.98. The summed E-state index contributed by atoms with van der Waals surface area (Å²) in [7, 11) is 0. The van der Waals surface area contributed by atoms with Gasteiger partial charge in [-0.1, -0.05) is 6.92 Å². The van der Waals surface area contributed by atoms with Gasteiger partial charge < -0.3 is 10.6 Å². The molecule has 1 aliphatic rings. The van der Waals surface area contributed by atoms with Crippen molar-refractivity contribution < 1.29 is 4.79 Å². The number of nitriles is 1. The molecular weight excluding hydrogens is 178 g/mol. The zero-order valence-corrected chi connectivity index (χ0v) is 8.55. The first kappa shape index (κ1) is 11.0. The topological polar surface area (TPSA) is 64.9 Å². The minimum atomic E-state index is -0.0199. The van der Waals surface area contributed by atoms with E-state index in [4.69, 9.17) is 5.26 Å². The molecule has 1 rings (SSSR count). The minimum Gasteiger partial charge on any atom is -0.354 e. The number of hydrogen-bond acceptors (Lipinski definition) is 3. The summed E-state index contributed by atoms with van der Waals surface area (Å²) in [5, 5.41) is 14.0. The van der Waals surface area contributed by atoms with E-state index < -0.39 is 0 Å². The molecule has 1 fully saturated rings. The van der Waals surface area contributed by atoms with E-state index in [1.807, 2.05) is 6.07 Å². The van der Waals surface area contributed by atoms with Gasteiger partial charge >= 0.3 is 0 Å². The van der Waals surface area contributed by atoms with Crippen LogP contribution in [0.1, 0.15) is 19.8 Å². The van der Waals surface area contributed by atoms with Gasteiger partial charge in [-0.3, -0.25) is 4.79 Å². The average molecular weight is 195 g/mol. The Morgan fingerprint density at radius 1 is 1.64 bits per heavy atom. The van der Waals surface area contributed by atoms with E-state index in [0.29, 0.717) is 19.5 Å². The van der Waals surface area contributed by atoms with Crippen molar-refractivity contribution in [3.63, 3.8) is 0 Å². The summed E-state index contributed by atoms with van der Waals surface area (Å²) in [6.45, 7) is 3.98. The molecule has 1 aliphatic carbocycles.